The molecule has 2 saturated heterocycles. The zero-order valence-electron chi connectivity index (χ0n) is 12.0. The first kappa shape index (κ1) is 15.7. The number of hydrogen-bond donors (Lipinski definition) is 1. The van der Waals surface area contributed by atoms with E-state index in [1.54, 1.807) is 7.11 Å². The van der Waals surface area contributed by atoms with Crippen LogP contribution < -0.4 is 5.73 Å². The number of nitrogens with zero attached hydrogens (tertiary/aromatic N) is 1. The topological polar surface area (TPSA) is 89.7 Å². The van der Waals surface area contributed by atoms with Crippen LogP contribution in [0, 0.1) is 5.92 Å². The Hall–Kier alpha value is -0.660. The van der Waals surface area contributed by atoms with Gasteiger partial charge in [-0.1, -0.05) is 0 Å². The number of ether oxygens (including phenoxy) is 1. The Labute approximate surface area is 120 Å². The summed E-state index contributed by atoms with van der Waals surface area (Å²) in [7, 11) is -1.24. The van der Waals surface area contributed by atoms with E-state index < -0.39 is 9.84 Å². The number of piperidine rings is 1. The van der Waals surface area contributed by atoms with E-state index in [0.717, 1.165) is 12.8 Å². The second-order valence-corrected chi connectivity index (χ2v) is 8.06. The summed E-state index contributed by atoms with van der Waals surface area (Å²) in [6.07, 6.45) is 2.69. The van der Waals surface area contributed by atoms with E-state index in [2.05, 4.69) is 0 Å². The van der Waals surface area contributed by atoms with Crippen molar-refractivity contribution < 1.29 is 17.9 Å². The SMILES string of the molecule is COC1CCN(C(=O)CC2CCS(=O)(=O)C2)C(CN)C1. The molecule has 20 heavy (non-hydrogen) atoms. The molecule has 116 valence electrons. The Bertz CT molecular complexity index is 451. The molecule has 2 fully saturated rings. The van der Waals surface area contributed by atoms with E-state index in [1.807, 2.05) is 4.90 Å². The molecule has 2 N–H and O–H groups in total. The largest absolute Gasteiger partial charge is 0.381 e. The Kier molecular flexibility index (Phi) is 5.04. The number of carbonyl (C=O) groups is 1. The first-order valence-electron chi connectivity index (χ1n) is 7.18. The van der Waals surface area contributed by atoms with Crippen LogP contribution in [0.5, 0.6) is 0 Å². The molecule has 2 heterocycles. The first-order valence-corrected chi connectivity index (χ1v) is 9.00. The lowest BCUT2D eigenvalue weighted by molar-refractivity contribution is -0.137. The van der Waals surface area contributed by atoms with E-state index >= 15 is 0 Å². The van der Waals surface area contributed by atoms with Crippen LogP contribution in [-0.4, -0.2) is 63.1 Å². The molecule has 3 unspecified atom stereocenters. The molecule has 0 bridgehead atoms. The zero-order chi connectivity index (χ0) is 14.8. The van der Waals surface area contributed by atoms with Crippen molar-refractivity contribution >= 4 is 15.7 Å². The second-order valence-electron chi connectivity index (χ2n) is 5.83. The van der Waals surface area contributed by atoms with Gasteiger partial charge in [-0.25, -0.2) is 8.42 Å². The maximum absolute atomic E-state index is 12.4. The van der Waals surface area contributed by atoms with Crippen LogP contribution in [0.1, 0.15) is 25.7 Å². The summed E-state index contributed by atoms with van der Waals surface area (Å²) in [5.74, 6) is 0.389. The molecular formula is C13H24N2O4S. The molecule has 0 spiro atoms. The number of carbonyl (C=O) groups excluding carboxylic acids is 1. The average molecular weight is 304 g/mol. The van der Waals surface area contributed by atoms with E-state index in [1.165, 1.54) is 0 Å². The second kappa shape index (κ2) is 6.41. The summed E-state index contributed by atoms with van der Waals surface area (Å²) in [6.45, 7) is 1.08. The lowest BCUT2D eigenvalue weighted by Crippen LogP contribution is -2.51. The minimum Gasteiger partial charge on any atom is -0.381 e. The molecule has 0 aromatic carbocycles. The molecule has 2 aliphatic heterocycles. The third-order valence-corrected chi connectivity index (χ3v) is 6.22. The van der Waals surface area contributed by atoms with Gasteiger partial charge in [-0.2, -0.15) is 0 Å². The van der Waals surface area contributed by atoms with Gasteiger partial charge >= 0.3 is 0 Å². The van der Waals surface area contributed by atoms with Crippen LogP contribution in [0.25, 0.3) is 0 Å². The summed E-state index contributed by atoms with van der Waals surface area (Å²) >= 11 is 0. The molecule has 7 heteroatoms. The van der Waals surface area contributed by atoms with Crippen LogP contribution in [0.4, 0.5) is 0 Å². The molecule has 1 amide bonds. The van der Waals surface area contributed by atoms with Crippen LogP contribution >= 0.6 is 0 Å². The number of hydrogen-bond acceptors (Lipinski definition) is 5. The van der Waals surface area contributed by atoms with E-state index in [9.17, 15) is 13.2 Å². The van der Waals surface area contributed by atoms with Gasteiger partial charge in [0.2, 0.25) is 5.91 Å². The highest BCUT2D eigenvalue weighted by Gasteiger charge is 2.34. The molecule has 0 aromatic rings. The highest BCUT2D eigenvalue weighted by atomic mass is 32.2. The maximum atomic E-state index is 12.4. The molecule has 2 aliphatic rings. The Morgan fingerprint density at radius 3 is 2.70 bits per heavy atom. The van der Waals surface area contributed by atoms with Gasteiger partial charge in [-0.3, -0.25) is 4.79 Å². The summed E-state index contributed by atoms with van der Waals surface area (Å²) in [5, 5.41) is 0. The highest BCUT2D eigenvalue weighted by molar-refractivity contribution is 7.91. The fourth-order valence-corrected chi connectivity index (χ4v) is 5.04. The predicted octanol–water partition coefficient (Wildman–Crippen LogP) is -0.224. The standard InChI is InChI=1S/C13H24N2O4S/c1-19-12-2-4-15(11(7-12)8-14)13(16)6-10-3-5-20(17,18)9-10/h10-12H,2-9,14H2,1H3. The monoisotopic (exact) mass is 304 g/mol. The Morgan fingerprint density at radius 1 is 1.40 bits per heavy atom. The summed E-state index contributed by atoms with van der Waals surface area (Å²) in [5.41, 5.74) is 5.75. The van der Waals surface area contributed by atoms with Crippen molar-refractivity contribution in [1.82, 2.24) is 4.90 Å². The first-order chi connectivity index (χ1) is 9.45. The van der Waals surface area contributed by atoms with Gasteiger partial charge < -0.3 is 15.4 Å². The fraction of sp³-hybridized carbons (Fsp3) is 0.923. The van der Waals surface area contributed by atoms with E-state index in [4.69, 9.17) is 10.5 Å². The quantitative estimate of drug-likeness (QED) is 0.775. The minimum absolute atomic E-state index is 0.0132. The molecular weight excluding hydrogens is 280 g/mol. The molecule has 2 rings (SSSR count). The van der Waals surface area contributed by atoms with Gasteiger partial charge in [0.1, 0.15) is 0 Å². The van der Waals surface area contributed by atoms with Crippen molar-refractivity contribution in [2.75, 3.05) is 31.7 Å². The third-order valence-electron chi connectivity index (χ3n) is 4.38. The van der Waals surface area contributed by atoms with Gasteiger partial charge in [-0.05, 0) is 25.2 Å². The third kappa shape index (κ3) is 3.71. The number of amides is 1. The maximum Gasteiger partial charge on any atom is 0.223 e. The number of sulfone groups is 1. The van der Waals surface area contributed by atoms with Crippen molar-refractivity contribution in [1.29, 1.82) is 0 Å². The molecule has 6 nitrogen and oxygen atoms in total. The van der Waals surface area contributed by atoms with Crippen molar-refractivity contribution in [2.24, 2.45) is 11.7 Å². The van der Waals surface area contributed by atoms with Crippen LogP contribution in [0.15, 0.2) is 0 Å². The molecule has 0 saturated carbocycles. The van der Waals surface area contributed by atoms with Crippen LogP contribution in [0.3, 0.4) is 0 Å². The zero-order valence-corrected chi connectivity index (χ0v) is 12.8. The molecule has 0 aromatic heterocycles. The smallest absolute Gasteiger partial charge is 0.223 e. The van der Waals surface area contributed by atoms with Crippen molar-refractivity contribution in [3.8, 4) is 0 Å². The van der Waals surface area contributed by atoms with Gasteiger partial charge in [0.15, 0.2) is 9.84 Å². The van der Waals surface area contributed by atoms with Gasteiger partial charge in [0.05, 0.1) is 17.6 Å². The lowest BCUT2D eigenvalue weighted by atomic mass is 9.97. The Morgan fingerprint density at radius 2 is 2.15 bits per heavy atom. The summed E-state index contributed by atoms with van der Waals surface area (Å²) in [4.78, 5) is 14.2. The highest BCUT2D eigenvalue weighted by Crippen LogP contribution is 2.25. The van der Waals surface area contributed by atoms with E-state index in [-0.39, 0.29) is 35.5 Å². The number of methoxy groups -OCH3 is 1. The molecule has 0 radical (unpaired) electrons. The van der Waals surface area contributed by atoms with Crippen molar-refractivity contribution in [2.45, 2.75) is 37.8 Å². The van der Waals surface area contributed by atoms with Crippen molar-refractivity contribution in [3.63, 3.8) is 0 Å². The normalized spacial score (nSPS) is 33.3. The minimum atomic E-state index is -2.92. The van der Waals surface area contributed by atoms with Gasteiger partial charge in [-0.15, -0.1) is 0 Å². The van der Waals surface area contributed by atoms with Crippen molar-refractivity contribution in [3.05, 3.63) is 0 Å². The average Bonchev–Trinajstić information content (AvgIpc) is 2.76. The number of likely N-dealkylation sites (tertiary alicyclic amines) is 1. The summed E-state index contributed by atoms with van der Waals surface area (Å²) in [6, 6.07) is 0.0132. The predicted molar refractivity (Wildman–Crippen MR) is 76.0 cm³/mol. The van der Waals surface area contributed by atoms with E-state index in [0.29, 0.717) is 25.9 Å². The number of rotatable bonds is 4. The fourth-order valence-electron chi connectivity index (χ4n) is 3.18. The lowest BCUT2D eigenvalue weighted by Gasteiger charge is -2.39. The van der Waals surface area contributed by atoms with Gasteiger partial charge in [0, 0.05) is 32.7 Å². The van der Waals surface area contributed by atoms with Crippen LogP contribution in [-0.2, 0) is 19.4 Å². The van der Waals surface area contributed by atoms with Gasteiger partial charge in [0.25, 0.3) is 0 Å². The number of nitrogens with two attached hydrogens (primary N) is 1. The Balaban J connectivity index is 1.91. The van der Waals surface area contributed by atoms with Crippen LogP contribution in [0.2, 0.25) is 0 Å². The molecule has 3 atom stereocenters. The molecule has 0 aliphatic carbocycles. The summed E-state index contributed by atoms with van der Waals surface area (Å²) < 4.78 is 28.2.